The van der Waals surface area contributed by atoms with Crippen molar-refractivity contribution >= 4 is 23.1 Å². The lowest BCUT2D eigenvalue weighted by molar-refractivity contribution is 0.0739. The van der Waals surface area contributed by atoms with Crippen LogP contribution in [-0.4, -0.2) is 23.0 Å². The minimum Gasteiger partial charge on any atom is -0.378 e. The van der Waals surface area contributed by atoms with Crippen LogP contribution >= 0.6 is 23.1 Å². The number of halogens is 1. The van der Waals surface area contributed by atoms with Gasteiger partial charge in [-0.3, -0.25) is 0 Å². The molecule has 4 heteroatoms. The van der Waals surface area contributed by atoms with Gasteiger partial charge >= 0.3 is 0 Å². The average Bonchev–Trinajstić information content (AvgIpc) is 2.79. The number of rotatable bonds is 3. The Hall–Kier alpha value is -0.120. The molecule has 2 rings (SSSR count). The third kappa shape index (κ3) is 1.81. The van der Waals surface area contributed by atoms with Crippen molar-refractivity contribution in [2.24, 2.45) is 5.41 Å². The van der Waals surface area contributed by atoms with E-state index in [2.05, 4.69) is 17.4 Å². The van der Waals surface area contributed by atoms with E-state index in [0.29, 0.717) is 5.88 Å². The van der Waals surface area contributed by atoms with Gasteiger partial charge in [-0.2, -0.15) is 0 Å². The molecule has 2 nitrogen and oxygen atoms in total. The highest BCUT2D eigenvalue weighted by Crippen LogP contribution is 2.39. The van der Waals surface area contributed by atoms with Gasteiger partial charge in [0.2, 0.25) is 0 Å². The molecule has 1 aliphatic rings. The Bertz CT molecular complexity index is 290. The Morgan fingerprint density at radius 2 is 2.64 bits per heavy atom. The lowest BCUT2D eigenvalue weighted by Gasteiger charge is -2.29. The predicted molar refractivity (Wildman–Crippen MR) is 59.0 cm³/mol. The van der Waals surface area contributed by atoms with Crippen LogP contribution in [0.25, 0.3) is 0 Å². The standard InChI is InChI=1S/C10H14ClNOS/c1-8-10(7-11,3-5-13-8)6-9-2-4-12-14-9/h2,4,8H,3,5-7H2,1H3. The summed E-state index contributed by atoms with van der Waals surface area (Å²) in [6, 6.07) is 2.07. The molecule has 0 radical (unpaired) electrons. The van der Waals surface area contributed by atoms with Crippen LogP contribution < -0.4 is 0 Å². The molecule has 0 amide bonds. The van der Waals surface area contributed by atoms with E-state index in [1.54, 1.807) is 11.5 Å². The molecule has 1 fully saturated rings. The number of alkyl halides is 1. The van der Waals surface area contributed by atoms with Crippen molar-refractivity contribution in [1.29, 1.82) is 0 Å². The van der Waals surface area contributed by atoms with Gasteiger partial charge in [0.25, 0.3) is 0 Å². The molecule has 1 aromatic rings. The second-order valence-corrected chi connectivity index (χ2v) is 5.10. The van der Waals surface area contributed by atoms with E-state index in [9.17, 15) is 0 Å². The van der Waals surface area contributed by atoms with Crippen molar-refractivity contribution in [2.45, 2.75) is 25.9 Å². The molecule has 1 aromatic heterocycles. The maximum Gasteiger partial charge on any atom is 0.0618 e. The van der Waals surface area contributed by atoms with Crippen molar-refractivity contribution in [3.63, 3.8) is 0 Å². The van der Waals surface area contributed by atoms with Gasteiger partial charge in [0, 0.05) is 29.0 Å². The third-order valence-electron chi connectivity index (χ3n) is 3.11. The minimum atomic E-state index is 0.133. The summed E-state index contributed by atoms with van der Waals surface area (Å²) in [4.78, 5) is 1.31. The minimum absolute atomic E-state index is 0.133. The molecule has 2 unspecified atom stereocenters. The lowest BCUT2D eigenvalue weighted by Crippen LogP contribution is -2.32. The summed E-state index contributed by atoms with van der Waals surface area (Å²) in [6.45, 7) is 2.96. The molecule has 2 atom stereocenters. The first-order valence-corrected chi connectivity index (χ1v) is 6.15. The molecule has 78 valence electrons. The Balaban J connectivity index is 2.13. The van der Waals surface area contributed by atoms with Crippen molar-refractivity contribution in [3.8, 4) is 0 Å². The van der Waals surface area contributed by atoms with E-state index in [1.807, 2.05) is 6.20 Å². The summed E-state index contributed by atoms with van der Waals surface area (Å²) in [5, 5.41) is 0. The van der Waals surface area contributed by atoms with Crippen molar-refractivity contribution in [3.05, 3.63) is 17.1 Å². The monoisotopic (exact) mass is 231 g/mol. The maximum absolute atomic E-state index is 6.08. The summed E-state index contributed by atoms with van der Waals surface area (Å²) in [6.07, 6.45) is 4.18. The lowest BCUT2D eigenvalue weighted by atomic mass is 9.80. The van der Waals surface area contributed by atoms with Gasteiger partial charge in [0.05, 0.1) is 6.10 Å². The molecule has 0 aromatic carbocycles. The van der Waals surface area contributed by atoms with Crippen LogP contribution in [0, 0.1) is 5.41 Å². The van der Waals surface area contributed by atoms with Crippen LogP contribution in [0.15, 0.2) is 12.3 Å². The SMILES string of the molecule is CC1OCCC1(CCl)Cc1ccns1. The number of nitrogens with zero attached hydrogens (tertiary/aromatic N) is 1. The quantitative estimate of drug-likeness (QED) is 0.747. The third-order valence-corrected chi connectivity index (χ3v) is 4.39. The van der Waals surface area contributed by atoms with Crippen LogP contribution in [-0.2, 0) is 11.2 Å². The van der Waals surface area contributed by atoms with Crippen molar-refractivity contribution < 1.29 is 4.74 Å². The molecule has 0 aliphatic carbocycles. The Morgan fingerprint density at radius 3 is 3.14 bits per heavy atom. The summed E-state index contributed by atoms with van der Waals surface area (Å²) in [5.74, 6) is 0.673. The van der Waals surface area contributed by atoms with Crippen molar-refractivity contribution in [2.75, 3.05) is 12.5 Å². The first-order valence-electron chi connectivity index (χ1n) is 4.84. The largest absolute Gasteiger partial charge is 0.378 e. The first-order chi connectivity index (χ1) is 6.77. The van der Waals surface area contributed by atoms with E-state index >= 15 is 0 Å². The van der Waals surface area contributed by atoms with Crippen molar-refractivity contribution in [1.82, 2.24) is 4.37 Å². The molecule has 0 N–H and O–H groups in total. The second kappa shape index (κ2) is 4.17. The second-order valence-electron chi connectivity index (χ2n) is 3.91. The highest BCUT2D eigenvalue weighted by Gasteiger charge is 2.41. The number of aromatic nitrogens is 1. The van der Waals surface area contributed by atoms with Gasteiger partial charge in [-0.25, -0.2) is 4.37 Å². The normalized spacial score (nSPS) is 32.3. The molecule has 1 aliphatic heterocycles. The van der Waals surface area contributed by atoms with Crippen LogP contribution in [0.3, 0.4) is 0 Å². The Labute approximate surface area is 93.4 Å². The Kier molecular flexibility index (Phi) is 3.10. The van der Waals surface area contributed by atoms with E-state index in [4.69, 9.17) is 16.3 Å². The summed E-state index contributed by atoms with van der Waals surface area (Å²) >= 11 is 7.64. The van der Waals surface area contributed by atoms with E-state index in [-0.39, 0.29) is 11.5 Å². The van der Waals surface area contributed by atoms with Crippen LogP contribution in [0.1, 0.15) is 18.2 Å². The summed E-state index contributed by atoms with van der Waals surface area (Å²) in [5.41, 5.74) is 0.133. The highest BCUT2D eigenvalue weighted by molar-refractivity contribution is 7.05. The van der Waals surface area contributed by atoms with E-state index < -0.39 is 0 Å². The van der Waals surface area contributed by atoms with Gasteiger partial charge in [-0.05, 0) is 37.4 Å². The van der Waals surface area contributed by atoms with Gasteiger partial charge < -0.3 is 4.74 Å². The van der Waals surface area contributed by atoms with Gasteiger partial charge in [-0.15, -0.1) is 11.6 Å². The van der Waals surface area contributed by atoms with Crippen LogP contribution in [0.4, 0.5) is 0 Å². The fraction of sp³-hybridized carbons (Fsp3) is 0.700. The van der Waals surface area contributed by atoms with Gasteiger partial charge in [0.15, 0.2) is 0 Å². The molecular weight excluding hydrogens is 218 g/mol. The zero-order chi connectivity index (χ0) is 10.0. The predicted octanol–water partition coefficient (Wildman–Crippen LogP) is 2.72. The average molecular weight is 232 g/mol. The molecule has 14 heavy (non-hydrogen) atoms. The fourth-order valence-electron chi connectivity index (χ4n) is 1.95. The fourth-order valence-corrected chi connectivity index (χ4v) is 3.13. The molecule has 2 heterocycles. The van der Waals surface area contributed by atoms with Crippen LogP contribution in [0.5, 0.6) is 0 Å². The maximum atomic E-state index is 6.08. The molecule has 0 spiro atoms. The number of hydrogen-bond donors (Lipinski definition) is 0. The van der Waals surface area contributed by atoms with E-state index in [1.165, 1.54) is 4.88 Å². The van der Waals surface area contributed by atoms with E-state index in [0.717, 1.165) is 19.4 Å². The smallest absolute Gasteiger partial charge is 0.0618 e. The van der Waals surface area contributed by atoms with Gasteiger partial charge in [-0.1, -0.05) is 0 Å². The highest BCUT2D eigenvalue weighted by atomic mass is 35.5. The summed E-state index contributed by atoms with van der Waals surface area (Å²) < 4.78 is 9.72. The summed E-state index contributed by atoms with van der Waals surface area (Å²) in [7, 11) is 0. The van der Waals surface area contributed by atoms with Crippen LogP contribution in [0.2, 0.25) is 0 Å². The Morgan fingerprint density at radius 1 is 1.79 bits per heavy atom. The molecule has 0 saturated carbocycles. The molecular formula is C10H14ClNOS. The zero-order valence-electron chi connectivity index (χ0n) is 8.20. The molecule has 0 bridgehead atoms. The first kappa shape index (κ1) is 10.4. The molecule has 1 saturated heterocycles. The number of ether oxygens (including phenoxy) is 1. The zero-order valence-corrected chi connectivity index (χ0v) is 9.77. The topological polar surface area (TPSA) is 22.1 Å². The number of hydrogen-bond acceptors (Lipinski definition) is 3. The van der Waals surface area contributed by atoms with Gasteiger partial charge in [0.1, 0.15) is 0 Å².